The van der Waals surface area contributed by atoms with Crippen molar-refractivity contribution in [1.29, 1.82) is 0 Å². The standard InChI is InChI=1S/C8H7BrINO2/c9-6-1-8(12)11(2-7(6)10)5-3-13-4-5/h1-2,5H,3-4H2. The van der Waals surface area contributed by atoms with Gasteiger partial charge in [-0.3, -0.25) is 4.79 Å². The van der Waals surface area contributed by atoms with Gasteiger partial charge in [-0.2, -0.15) is 0 Å². The Labute approximate surface area is 97.4 Å². The van der Waals surface area contributed by atoms with Crippen molar-refractivity contribution < 1.29 is 4.74 Å². The highest BCUT2D eigenvalue weighted by molar-refractivity contribution is 14.1. The average Bonchev–Trinajstić information content (AvgIpc) is 1.96. The third-order valence-electron chi connectivity index (χ3n) is 2.00. The zero-order valence-corrected chi connectivity index (χ0v) is 10.4. The first-order valence-electron chi connectivity index (χ1n) is 3.83. The molecule has 1 aromatic rings. The summed E-state index contributed by atoms with van der Waals surface area (Å²) in [5.41, 5.74) is 0.0283. The van der Waals surface area contributed by atoms with Gasteiger partial charge in [0, 0.05) is 20.3 Å². The van der Waals surface area contributed by atoms with Gasteiger partial charge in [-0.15, -0.1) is 0 Å². The molecule has 5 heteroatoms. The summed E-state index contributed by atoms with van der Waals surface area (Å²) in [5.74, 6) is 0. The van der Waals surface area contributed by atoms with Crippen molar-refractivity contribution in [3.63, 3.8) is 0 Å². The summed E-state index contributed by atoms with van der Waals surface area (Å²) in [5, 5.41) is 0. The van der Waals surface area contributed by atoms with Crippen LogP contribution in [0.15, 0.2) is 21.5 Å². The SMILES string of the molecule is O=c1cc(Br)c(I)cn1C1COC1. The van der Waals surface area contributed by atoms with E-state index in [0.29, 0.717) is 13.2 Å². The second kappa shape index (κ2) is 3.70. The highest BCUT2D eigenvalue weighted by atomic mass is 127. The van der Waals surface area contributed by atoms with E-state index in [1.54, 1.807) is 10.6 Å². The fraction of sp³-hybridized carbons (Fsp3) is 0.375. The van der Waals surface area contributed by atoms with Gasteiger partial charge in [0.15, 0.2) is 0 Å². The largest absolute Gasteiger partial charge is 0.377 e. The molecule has 1 fully saturated rings. The van der Waals surface area contributed by atoms with E-state index in [1.165, 1.54) is 0 Å². The molecule has 3 nitrogen and oxygen atoms in total. The van der Waals surface area contributed by atoms with E-state index in [0.717, 1.165) is 8.04 Å². The molecule has 0 atom stereocenters. The third kappa shape index (κ3) is 1.82. The van der Waals surface area contributed by atoms with Crippen LogP contribution in [0.2, 0.25) is 0 Å². The van der Waals surface area contributed by atoms with Crippen LogP contribution in [-0.2, 0) is 4.74 Å². The predicted octanol–water partition coefficient (Wildman–Crippen LogP) is 1.79. The molecule has 0 saturated carbocycles. The normalized spacial score (nSPS) is 17.1. The Bertz CT molecular complexity index is 386. The van der Waals surface area contributed by atoms with E-state index < -0.39 is 0 Å². The Balaban J connectivity index is 2.45. The first-order valence-corrected chi connectivity index (χ1v) is 5.70. The maximum atomic E-state index is 11.5. The topological polar surface area (TPSA) is 31.2 Å². The minimum absolute atomic E-state index is 0.0283. The van der Waals surface area contributed by atoms with Crippen LogP contribution >= 0.6 is 38.5 Å². The van der Waals surface area contributed by atoms with Crippen molar-refractivity contribution in [3.05, 3.63) is 30.7 Å². The molecule has 1 aliphatic heterocycles. The van der Waals surface area contributed by atoms with E-state index in [-0.39, 0.29) is 11.6 Å². The molecule has 0 radical (unpaired) electrons. The van der Waals surface area contributed by atoms with Gasteiger partial charge < -0.3 is 9.30 Å². The molecule has 0 spiro atoms. The Morgan fingerprint density at radius 3 is 2.85 bits per heavy atom. The number of ether oxygens (including phenoxy) is 1. The summed E-state index contributed by atoms with van der Waals surface area (Å²) >= 11 is 5.51. The van der Waals surface area contributed by atoms with Crippen molar-refractivity contribution in [3.8, 4) is 0 Å². The van der Waals surface area contributed by atoms with Crippen molar-refractivity contribution in [1.82, 2.24) is 4.57 Å². The van der Waals surface area contributed by atoms with Gasteiger partial charge in [0.2, 0.25) is 0 Å². The maximum Gasteiger partial charge on any atom is 0.252 e. The second-order valence-electron chi connectivity index (χ2n) is 2.91. The lowest BCUT2D eigenvalue weighted by Crippen LogP contribution is -2.37. The summed E-state index contributed by atoms with van der Waals surface area (Å²) < 4.78 is 8.67. The van der Waals surface area contributed by atoms with Crippen molar-refractivity contribution >= 4 is 38.5 Å². The third-order valence-corrected chi connectivity index (χ3v) is 4.26. The molecule has 0 aliphatic carbocycles. The van der Waals surface area contributed by atoms with E-state index in [1.807, 2.05) is 6.20 Å². The molecule has 1 saturated heterocycles. The Morgan fingerprint density at radius 2 is 2.31 bits per heavy atom. The number of hydrogen-bond donors (Lipinski definition) is 0. The number of rotatable bonds is 1. The molecule has 0 N–H and O–H groups in total. The molecule has 1 aliphatic rings. The molecular formula is C8H7BrINO2. The highest BCUT2D eigenvalue weighted by Crippen LogP contribution is 2.20. The van der Waals surface area contributed by atoms with E-state index in [2.05, 4.69) is 38.5 Å². The van der Waals surface area contributed by atoms with Crippen molar-refractivity contribution in [2.45, 2.75) is 6.04 Å². The van der Waals surface area contributed by atoms with Crippen molar-refractivity contribution in [2.24, 2.45) is 0 Å². The van der Waals surface area contributed by atoms with Gasteiger partial charge in [-0.25, -0.2) is 0 Å². The fourth-order valence-corrected chi connectivity index (χ4v) is 1.92. The number of aromatic nitrogens is 1. The van der Waals surface area contributed by atoms with Crippen LogP contribution in [0, 0.1) is 3.57 Å². The molecule has 2 heterocycles. The monoisotopic (exact) mass is 355 g/mol. The average molecular weight is 356 g/mol. The van der Waals surface area contributed by atoms with Gasteiger partial charge in [-0.1, -0.05) is 0 Å². The minimum atomic E-state index is 0.0283. The smallest absolute Gasteiger partial charge is 0.252 e. The minimum Gasteiger partial charge on any atom is -0.377 e. The molecule has 0 amide bonds. The molecule has 0 aromatic carbocycles. The number of nitrogens with zero attached hydrogens (tertiary/aromatic N) is 1. The fourth-order valence-electron chi connectivity index (χ4n) is 1.17. The first kappa shape index (κ1) is 9.67. The highest BCUT2D eigenvalue weighted by Gasteiger charge is 2.21. The summed E-state index contributed by atoms with van der Waals surface area (Å²) in [6.45, 7) is 1.30. The lowest BCUT2D eigenvalue weighted by atomic mass is 10.2. The molecule has 1 aromatic heterocycles. The van der Waals surface area contributed by atoms with Gasteiger partial charge in [0.05, 0.1) is 19.3 Å². The van der Waals surface area contributed by atoms with Crippen LogP contribution in [0.1, 0.15) is 6.04 Å². The quantitative estimate of drug-likeness (QED) is 0.719. The zero-order chi connectivity index (χ0) is 9.42. The molecule has 13 heavy (non-hydrogen) atoms. The predicted molar refractivity (Wildman–Crippen MR) is 61.0 cm³/mol. The maximum absolute atomic E-state index is 11.5. The van der Waals surface area contributed by atoms with Crippen LogP contribution < -0.4 is 5.56 Å². The molecular weight excluding hydrogens is 349 g/mol. The first-order chi connectivity index (χ1) is 6.18. The molecule has 0 unspecified atom stereocenters. The van der Waals surface area contributed by atoms with Gasteiger partial charge in [-0.05, 0) is 38.5 Å². The van der Waals surface area contributed by atoms with Crippen LogP contribution in [0.3, 0.4) is 0 Å². The van der Waals surface area contributed by atoms with Crippen LogP contribution in [0.4, 0.5) is 0 Å². The lowest BCUT2D eigenvalue weighted by Gasteiger charge is -2.28. The van der Waals surface area contributed by atoms with Gasteiger partial charge in [0.1, 0.15) is 0 Å². The Kier molecular flexibility index (Phi) is 2.75. The van der Waals surface area contributed by atoms with Gasteiger partial charge >= 0.3 is 0 Å². The summed E-state index contributed by atoms with van der Waals surface area (Å²) in [4.78, 5) is 11.5. The molecule has 0 bridgehead atoms. The van der Waals surface area contributed by atoms with Crippen molar-refractivity contribution in [2.75, 3.05) is 13.2 Å². The summed E-state index contributed by atoms with van der Waals surface area (Å²) in [7, 11) is 0. The zero-order valence-electron chi connectivity index (χ0n) is 6.67. The van der Waals surface area contributed by atoms with E-state index in [4.69, 9.17) is 4.74 Å². The Morgan fingerprint density at radius 1 is 1.62 bits per heavy atom. The number of hydrogen-bond acceptors (Lipinski definition) is 2. The van der Waals surface area contributed by atoms with E-state index in [9.17, 15) is 4.79 Å². The molecule has 2 rings (SSSR count). The van der Waals surface area contributed by atoms with E-state index >= 15 is 0 Å². The number of pyridine rings is 1. The van der Waals surface area contributed by atoms with Crippen LogP contribution in [-0.4, -0.2) is 17.8 Å². The lowest BCUT2D eigenvalue weighted by molar-refractivity contribution is -0.0249. The summed E-state index contributed by atoms with van der Waals surface area (Å²) in [6, 6.07) is 1.83. The summed E-state index contributed by atoms with van der Waals surface area (Å²) in [6.07, 6.45) is 1.86. The van der Waals surface area contributed by atoms with Crippen LogP contribution in [0.5, 0.6) is 0 Å². The number of halogens is 2. The van der Waals surface area contributed by atoms with Crippen LogP contribution in [0.25, 0.3) is 0 Å². The van der Waals surface area contributed by atoms with Gasteiger partial charge in [0.25, 0.3) is 5.56 Å². The molecule has 70 valence electrons. The Hall–Kier alpha value is 0.120. The second-order valence-corrected chi connectivity index (χ2v) is 4.92.